The van der Waals surface area contributed by atoms with Gasteiger partial charge in [-0.25, -0.2) is 13.1 Å². The first-order valence-corrected chi connectivity index (χ1v) is 9.88. The van der Waals surface area contributed by atoms with Gasteiger partial charge < -0.3 is 5.11 Å². The van der Waals surface area contributed by atoms with Gasteiger partial charge in [0.25, 0.3) is 0 Å². The van der Waals surface area contributed by atoms with E-state index in [1.807, 2.05) is 36.4 Å². The third kappa shape index (κ3) is 3.86. The Morgan fingerprint density at radius 3 is 2.54 bits per heavy atom. The highest BCUT2D eigenvalue weighted by molar-refractivity contribution is 7.89. The fraction of sp³-hybridized carbons (Fsp3) is 0.368. The minimum atomic E-state index is -3.59. The summed E-state index contributed by atoms with van der Waals surface area (Å²) in [4.78, 5) is 0.327. The largest absolute Gasteiger partial charge is 0.396 e. The summed E-state index contributed by atoms with van der Waals surface area (Å²) < 4.78 is 28.4. The highest BCUT2D eigenvalue weighted by atomic mass is 32.2. The summed E-state index contributed by atoms with van der Waals surface area (Å²) in [6.45, 7) is 0.0455. The fourth-order valence-electron chi connectivity index (χ4n) is 3.25. The van der Waals surface area contributed by atoms with Gasteiger partial charge in [0.15, 0.2) is 0 Å². The molecule has 1 aliphatic carbocycles. The van der Waals surface area contributed by atoms with Crippen LogP contribution >= 0.6 is 0 Å². The van der Waals surface area contributed by atoms with Gasteiger partial charge in [-0.2, -0.15) is 0 Å². The molecular formula is C19H23NO3S. The predicted molar refractivity (Wildman–Crippen MR) is 94.3 cm³/mol. The van der Waals surface area contributed by atoms with Crippen LogP contribution in [-0.4, -0.2) is 20.1 Å². The van der Waals surface area contributed by atoms with E-state index in [0.29, 0.717) is 17.7 Å². The Morgan fingerprint density at radius 2 is 1.79 bits per heavy atom. The standard InChI is InChI=1S/C19H23NO3S/c21-13-5-10-19(16-6-2-1-3-7-16)20-24(22,23)18-12-11-15-8-4-9-17(15)14-18/h1-3,6-7,11-12,14,19-21H,4-5,8-10,13H2. The van der Waals surface area contributed by atoms with Crippen LogP contribution in [0.4, 0.5) is 0 Å². The minimum absolute atomic E-state index is 0.0455. The quantitative estimate of drug-likeness (QED) is 0.811. The van der Waals surface area contributed by atoms with Crippen LogP contribution in [0.15, 0.2) is 53.4 Å². The predicted octanol–water partition coefficient (Wildman–Crippen LogP) is 2.97. The molecule has 1 aliphatic rings. The molecule has 24 heavy (non-hydrogen) atoms. The fourth-order valence-corrected chi connectivity index (χ4v) is 4.55. The van der Waals surface area contributed by atoms with E-state index in [2.05, 4.69) is 4.72 Å². The summed E-state index contributed by atoms with van der Waals surface area (Å²) in [5.74, 6) is 0. The second-order valence-corrected chi connectivity index (χ2v) is 7.95. The van der Waals surface area contributed by atoms with Crippen LogP contribution in [0.2, 0.25) is 0 Å². The molecule has 1 unspecified atom stereocenters. The number of benzene rings is 2. The van der Waals surface area contributed by atoms with Gasteiger partial charge in [0.2, 0.25) is 10.0 Å². The molecule has 2 aromatic carbocycles. The Balaban J connectivity index is 1.85. The number of hydrogen-bond acceptors (Lipinski definition) is 3. The number of aryl methyl sites for hydroxylation is 2. The molecule has 1 atom stereocenters. The normalized spacial score (nSPS) is 15.2. The van der Waals surface area contributed by atoms with Crippen LogP contribution in [0.5, 0.6) is 0 Å². The average molecular weight is 345 g/mol. The van der Waals surface area contributed by atoms with Gasteiger partial charge in [-0.3, -0.25) is 0 Å². The second-order valence-electron chi connectivity index (χ2n) is 6.23. The van der Waals surface area contributed by atoms with Crippen molar-refractivity contribution in [1.29, 1.82) is 0 Å². The maximum Gasteiger partial charge on any atom is 0.241 e. The van der Waals surface area contributed by atoms with Gasteiger partial charge in [-0.1, -0.05) is 36.4 Å². The van der Waals surface area contributed by atoms with Crippen molar-refractivity contribution in [3.63, 3.8) is 0 Å². The molecule has 3 rings (SSSR count). The van der Waals surface area contributed by atoms with Crippen LogP contribution in [0.3, 0.4) is 0 Å². The molecule has 0 saturated carbocycles. The molecule has 2 aromatic rings. The van der Waals surface area contributed by atoms with Gasteiger partial charge in [-0.05, 0) is 60.9 Å². The van der Waals surface area contributed by atoms with Crippen LogP contribution in [0.25, 0.3) is 0 Å². The maximum atomic E-state index is 12.8. The molecule has 0 spiro atoms. The lowest BCUT2D eigenvalue weighted by atomic mass is 10.0. The topological polar surface area (TPSA) is 66.4 Å². The van der Waals surface area contributed by atoms with Crippen LogP contribution in [0, 0.1) is 0 Å². The smallest absolute Gasteiger partial charge is 0.241 e. The third-order valence-electron chi connectivity index (χ3n) is 4.53. The maximum absolute atomic E-state index is 12.8. The lowest BCUT2D eigenvalue weighted by Gasteiger charge is -2.19. The Hall–Kier alpha value is -1.69. The number of sulfonamides is 1. The number of rotatable bonds is 7. The summed E-state index contributed by atoms with van der Waals surface area (Å²) in [6.07, 6.45) is 4.18. The lowest BCUT2D eigenvalue weighted by Crippen LogP contribution is -2.29. The van der Waals surface area contributed by atoms with E-state index < -0.39 is 10.0 Å². The number of aliphatic hydroxyl groups excluding tert-OH is 1. The SMILES string of the molecule is O=S(=O)(NC(CCCO)c1ccccc1)c1ccc2c(c1)CCC2. The molecule has 0 aromatic heterocycles. The van der Waals surface area contributed by atoms with E-state index in [1.54, 1.807) is 12.1 Å². The van der Waals surface area contributed by atoms with Crippen molar-refractivity contribution >= 4 is 10.0 Å². The van der Waals surface area contributed by atoms with E-state index >= 15 is 0 Å². The zero-order valence-corrected chi connectivity index (χ0v) is 14.4. The molecule has 0 saturated heterocycles. The Morgan fingerprint density at radius 1 is 1.04 bits per heavy atom. The van der Waals surface area contributed by atoms with Crippen LogP contribution < -0.4 is 4.72 Å². The van der Waals surface area contributed by atoms with Crippen molar-refractivity contribution in [1.82, 2.24) is 4.72 Å². The molecule has 0 bridgehead atoms. The lowest BCUT2D eigenvalue weighted by molar-refractivity contribution is 0.278. The number of fused-ring (bicyclic) bond motifs is 1. The number of aliphatic hydroxyl groups is 1. The summed E-state index contributed by atoms with van der Waals surface area (Å²) in [5.41, 5.74) is 3.31. The highest BCUT2D eigenvalue weighted by Gasteiger charge is 2.23. The number of nitrogens with one attached hydrogen (secondary N) is 1. The summed E-state index contributed by atoms with van der Waals surface area (Å²) in [6, 6.07) is 14.6. The molecule has 2 N–H and O–H groups in total. The van der Waals surface area contributed by atoms with Crippen LogP contribution in [-0.2, 0) is 22.9 Å². The first-order chi connectivity index (χ1) is 11.6. The molecule has 0 heterocycles. The first kappa shape index (κ1) is 17.1. The van der Waals surface area contributed by atoms with Crippen molar-refractivity contribution in [3.05, 3.63) is 65.2 Å². The minimum Gasteiger partial charge on any atom is -0.396 e. The van der Waals surface area contributed by atoms with Crippen molar-refractivity contribution in [3.8, 4) is 0 Å². The third-order valence-corrected chi connectivity index (χ3v) is 6.00. The first-order valence-electron chi connectivity index (χ1n) is 8.40. The van der Waals surface area contributed by atoms with Gasteiger partial charge in [0, 0.05) is 12.6 Å². The average Bonchev–Trinajstić information content (AvgIpc) is 3.07. The molecule has 0 aliphatic heterocycles. The van der Waals surface area contributed by atoms with Gasteiger partial charge >= 0.3 is 0 Å². The summed E-state index contributed by atoms with van der Waals surface area (Å²) in [5, 5.41) is 9.11. The Kier molecular flexibility index (Phi) is 5.33. The van der Waals surface area contributed by atoms with Crippen molar-refractivity contribution < 1.29 is 13.5 Å². The van der Waals surface area contributed by atoms with Crippen LogP contribution in [0.1, 0.15) is 42.0 Å². The van der Waals surface area contributed by atoms with Crippen molar-refractivity contribution in [2.75, 3.05) is 6.61 Å². The Labute approximate surface area is 143 Å². The molecule has 0 radical (unpaired) electrons. The zero-order valence-electron chi connectivity index (χ0n) is 13.6. The van der Waals surface area contributed by atoms with Crippen molar-refractivity contribution in [2.45, 2.75) is 43.0 Å². The van der Waals surface area contributed by atoms with E-state index in [0.717, 1.165) is 30.4 Å². The highest BCUT2D eigenvalue weighted by Crippen LogP contribution is 2.26. The number of hydrogen-bond donors (Lipinski definition) is 2. The zero-order chi connectivity index (χ0) is 17.0. The van der Waals surface area contributed by atoms with Gasteiger partial charge in [-0.15, -0.1) is 0 Å². The van der Waals surface area contributed by atoms with E-state index in [4.69, 9.17) is 5.11 Å². The summed E-state index contributed by atoms with van der Waals surface area (Å²) in [7, 11) is -3.59. The molecule has 0 amide bonds. The monoisotopic (exact) mass is 345 g/mol. The van der Waals surface area contributed by atoms with E-state index in [1.165, 1.54) is 5.56 Å². The molecular weight excluding hydrogens is 322 g/mol. The van der Waals surface area contributed by atoms with Crippen molar-refractivity contribution in [2.24, 2.45) is 0 Å². The molecule has 4 nitrogen and oxygen atoms in total. The van der Waals surface area contributed by atoms with E-state index in [9.17, 15) is 8.42 Å². The molecule has 5 heteroatoms. The van der Waals surface area contributed by atoms with Gasteiger partial charge in [0.05, 0.1) is 4.90 Å². The van der Waals surface area contributed by atoms with E-state index in [-0.39, 0.29) is 12.6 Å². The Bertz CT molecular complexity index is 788. The van der Waals surface area contributed by atoms with Gasteiger partial charge in [0.1, 0.15) is 0 Å². The molecule has 0 fully saturated rings. The summed E-state index contributed by atoms with van der Waals surface area (Å²) >= 11 is 0. The second kappa shape index (κ2) is 7.47. The molecule has 128 valence electrons.